The first-order valence-electron chi connectivity index (χ1n) is 12.1. The van der Waals surface area contributed by atoms with Gasteiger partial charge in [0.15, 0.2) is 17.3 Å². The van der Waals surface area contributed by atoms with E-state index in [1.54, 1.807) is 13.2 Å². The molecule has 0 aliphatic carbocycles. The van der Waals surface area contributed by atoms with E-state index in [2.05, 4.69) is 51.2 Å². The van der Waals surface area contributed by atoms with Crippen LogP contribution in [0.3, 0.4) is 0 Å². The third-order valence-electron chi connectivity index (χ3n) is 5.98. The Morgan fingerprint density at radius 2 is 2.08 bits per heavy atom. The van der Waals surface area contributed by atoms with E-state index in [1.807, 2.05) is 12.1 Å². The third kappa shape index (κ3) is 6.61. The Morgan fingerprint density at radius 1 is 1.25 bits per heavy atom. The third-order valence-corrected chi connectivity index (χ3v) is 5.98. The summed E-state index contributed by atoms with van der Waals surface area (Å²) in [5.41, 5.74) is 1.03. The number of carboxylic acid groups (broad SMARTS) is 1. The fraction of sp³-hybridized carbons (Fsp3) is 0.520. The summed E-state index contributed by atoms with van der Waals surface area (Å²) in [6.07, 6.45) is 3.53. The number of likely N-dealkylation sites (tertiary alicyclic amines) is 1. The molecule has 0 saturated carbocycles. The van der Waals surface area contributed by atoms with E-state index in [4.69, 9.17) is 19.3 Å². The van der Waals surface area contributed by atoms with Gasteiger partial charge in [0.05, 0.1) is 31.3 Å². The lowest BCUT2D eigenvalue weighted by molar-refractivity contribution is -0.136. The summed E-state index contributed by atoms with van der Waals surface area (Å²) < 4.78 is 17.8. The molecule has 194 valence electrons. The van der Waals surface area contributed by atoms with Gasteiger partial charge in [0.1, 0.15) is 18.8 Å². The Kier molecular flexibility index (Phi) is 7.90. The summed E-state index contributed by atoms with van der Waals surface area (Å²) in [5, 5.41) is 19.6. The van der Waals surface area contributed by atoms with Crippen LogP contribution in [0.5, 0.6) is 11.5 Å². The van der Waals surface area contributed by atoms with Crippen LogP contribution in [-0.2, 0) is 16.0 Å². The fourth-order valence-electron chi connectivity index (χ4n) is 4.27. The maximum Gasteiger partial charge on any atom is 0.309 e. The lowest BCUT2D eigenvalue weighted by Gasteiger charge is -2.27. The number of rotatable bonds is 11. The molecule has 1 aromatic carbocycles. The number of aromatic nitrogens is 4. The summed E-state index contributed by atoms with van der Waals surface area (Å²) in [6, 6.07) is 5.64. The number of nitrogens with one attached hydrogen (secondary N) is 2. The summed E-state index contributed by atoms with van der Waals surface area (Å²) in [5.74, 6) is 1.25. The highest BCUT2D eigenvalue weighted by Gasteiger charge is 2.26. The van der Waals surface area contributed by atoms with Crippen LogP contribution in [0.2, 0.25) is 0 Å². The molecule has 1 aliphatic rings. The fourth-order valence-corrected chi connectivity index (χ4v) is 4.27. The summed E-state index contributed by atoms with van der Waals surface area (Å²) >= 11 is 0. The molecule has 11 heteroatoms. The molecular formula is C25H34N6O5. The van der Waals surface area contributed by atoms with Crippen molar-refractivity contribution in [1.29, 1.82) is 0 Å². The molecular weight excluding hydrogens is 464 g/mol. The van der Waals surface area contributed by atoms with Crippen LogP contribution in [0.1, 0.15) is 39.3 Å². The molecule has 11 nitrogen and oxygen atoms in total. The monoisotopic (exact) mass is 498 g/mol. The zero-order chi connectivity index (χ0) is 25.7. The van der Waals surface area contributed by atoms with E-state index in [0.717, 1.165) is 31.3 Å². The van der Waals surface area contributed by atoms with Gasteiger partial charge in [0.25, 0.3) is 0 Å². The number of anilines is 2. The zero-order valence-corrected chi connectivity index (χ0v) is 21.2. The first-order chi connectivity index (χ1) is 17.2. The van der Waals surface area contributed by atoms with Crippen molar-refractivity contribution in [3.8, 4) is 11.5 Å². The molecule has 1 aliphatic heterocycles. The van der Waals surface area contributed by atoms with E-state index >= 15 is 0 Å². The molecule has 3 heterocycles. The Hall–Kier alpha value is -3.44. The summed E-state index contributed by atoms with van der Waals surface area (Å²) in [6.45, 7) is 9.37. The highest BCUT2D eigenvalue weighted by atomic mass is 16.5. The molecule has 0 spiro atoms. The standard InChI is InChI=1S/C25H34N6O5/c1-25(2,3)36-9-8-31-7-5-6-17(31)14-35-21-13-19-18(12-20(21)34-4)24(27-15-26-19)28-22-10-16(29-30-22)11-23(32)33/h10,12-13,15,17H,5-9,11,14H2,1-4H3,(H,32,33)(H2,26,27,28,29,30)/t17-/m1/s1. The lowest BCUT2D eigenvalue weighted by Crippen LogP contribution is -2.37. The molecule has 0 unspecified atom stereocenters. The molecule has 4 rings (SSSR count). The number of ether oxygens (including phenoxy) is 3. The number of carbonyl (C=O) groups is 1. The summed E-state index contributed by atoms with van der Waals surface area (Å²) in [7, 11) is 1.60. The average molecular weight is 499 g/mol. The van der Waals surface area contributed by atoms with Gasteiger partial charge in [-0.2, -0.15) is 5.10 Å². The average Bonchev–Trinajstić information content (AvgIpc) is 3.45. The topological polar surface area (TPSA) is 135 Å². The van der Waals surface area contributed by atoms with Crippen LogP contribution >= 0.6 is 0 Å². The normalized spacial score (nSPS) is 16.4. The van der Waals surface area contributed by atoms with Crippen LogP contribution in [0, 0.1) is 0 Å². The number of aliphatic carboxylic acids is 1. The number of H-pyrrole nitrogens is 1. The molecule has 1 fully saturated rings. The lowest BCUT2D eigenvalue weighted by atomic mass is 10.2. The van der Waals surface area contributed by atoms with Crippen molar-refractivity contribution in [1.82, 2.24) is 25.1 Å². The van der Waals surface area contributed by atoms with Crippen molar-refractivity contribution < 1.29 is 24.1 Å². The van der Waals surface area contributed by atoms with Gasteiger partial charge >= 0.3 is 5.97 Å². The minimum atomic E-state index is -0.936. The van der Waals surface area contributed by atoms with Gasteiger partial charge in [0.2, 0.25) is 0 Å². The Morgan fingerprint density at radius 3 is 2.83 bits per heavy atom. The van der Waals surface area contributed by atoms with E-state index in [0.29, 0.717) is 53.6 Å². The Labute approximate surface area is 210 Å². The van der Waals surface area contributed by atoms with E-state index in [1.165, 1.54) is 6.33 Å². The second-order valence-corrected chi connectivity index (χ2v) is 9.82. The van der Waals surface area contributed by atoms with Crippen molar-refractivity contribution in [2.45, 2.75) is 51.7 Å². The van der Waals surface area contributed by atoms with Crippen molar-refractivity contribution in [2.75, 3.05) is 38.7 Å². The largest absolute Gasteiger partial charge is 0.493 e. The van der Waals surface area contributed by atoms with Gasteiger partial charge in [-0.15, -0.1) is 0 Å². The molecule has 0 amide bonds. The van der Waals surface area contributed by atoms with E-state index in [-0.39, 0.29) is 12.0 Å². The van der Waals surface area contributed by atoms with Gasteiger partial charge in [-0.1, -0.05) is 0 Å². The first-order valence-corrected chi connectivity index (χ1v) is 12.1. The second kappa shape index (κ2) is 11.1. The minimum absolute atomic E-state index is 0.141. The highest BCUT2D eigenvalue weighted by Crippen LogP contribution is 2.35. The van der Waals surface area contributed by atoms with Crippen LogP contribution in [-0.4, -0.2) is 81.2 Å². The molecule has 1 atom stereocenters. The predicted octanol–water partition coefficient (Wildman–Crippen LogP) is 3.39. The Balaban J connectivity index is 1.46. The Bertz CT molecular complexity index is 1190. The SMILES string of the molecule is COc1cc2c(Nc3cc(CC(=O)O)[nH]n3)ncnc2cc1OC[C@H]1CCCN1CCOC(C)(C)C. The molecule has 1 saturated heterocycles. The number of methoxy groups -OCH3 is 1. The van der Waals surface area contributed by atoms with Gasteiger partial charge in [-0.25, -0.2) is 9.97 Å². The number of aromatic amines is 1. The maximum atomic E-state index is 10.9. The molecule has 2 aromatic heterocycles. The molecule has 0 bridgehead atoms. The molecule has 3 N–H and O–H groups in total. The van der Waals surface area contributed by atoms with Crippen LogP contribution in [0.4, 0.5) is 11.6 Å². The van der Waals surface area contributed by atoms with Crippen LogP contribution < -0.4 is 14.8 Å². The van der Waals surface area contributed by atoms with Gasteiger partial charge in [-0.3, -0.25) is 14.8 Å². The predicted molar refractivity (Wildman–Crippen MR) is 135 cm³/mol. The summed E-state index contributed by atoms with van der Waals surface area (Å²) in [4.78, 5) is 22.1. The molecule has 36 heavy (non-hydrogen) atoms. The zero-order valence-electron chi connectivity index (χ0n) is 21.2. The first kappa shape index (κ1) is 25.6. The number of fused-ring (bicyclic) bond motifs is 1. The molecule has 3 aromatic rings. The van der Waals surface area contributed by atoms with Crippen molar-refractivity contribution in [3.05, 3.63) is 30.2 Å². The van der Waals surface area contributed by atoms with Crippen molar-refractivity contribution in [3.63, 3.8) is 0 Å². The number of hydrogen-bond acceptors (Lipinski definition) is 9. The van der Waals surface area contributed by atoms with Crippen molar-refractivity contribution >= 4 is 28.5 Å². The highest BCUT2D eigenvalue weighted by molar-refractivity contribution is 5.92. The number of hydrogen-bond donors (Lipinski definition) is 3. The maximum absolute atomic E-state index is 10.9. The number of carboxylic acids is 1. The van der Waals surface area contributed by atoms with Gasteiger partial charge in [0, 0.05) is 35.8 Å². The van der Waals surface area contributed by atoms with Crippen LogP contribution in [0.25, 0.3) is 10.9 Å². The minimum Gasteiger partial charge on any atom is -0.493 e. The van der Waals surface area contributed by atoms with Gasteiger partial charge < -0.3 is 24.6 Å². The van der Waals surface area contributed by atoms with Gasteiger partial charge in [-0.05, 0) is 46.2 Å². The number of nitrogens with zero attached hydrogens (tertiary/aromatic N) is 4. The van der Waals surface area contributed by atoms with E-state index in [9.17, 15) is 4.79 Å². The second-order valence-electron chi connectivity index (χ2n) is 9.82. The molecule has 0 radical (unpaired) electrons. The van der Waals surface area contributed by atoms with Crippen LogP contribution in [0.15, 0.2) is 24.5 Å². The quantitative estimate of drug-likeness (QED) is 0.361. The number of benzene rings is 1. The smallest absolute Gasteiger partial charge is 0.309 e. The van der Waals surface area contributed by atoms with Crippen molar-refractivity contribution in [2.24, 2.45) is 0 Å². The van der Waals surface area contributed by atoms with E-state index < -0.39 is 5.97 Å².